The summed E-state index contributed by atoms with van der Waals surface area (Å²) in [5, 5.41) is 3.51. The van der Waals surface area contributed by atoms with Crippen LogP contribution in [0.3, 0.4) is 0 Å². The molecule has 0 aliphatic carbocycles. The predicted octanol–water partition coefficient (Wildman–Crippen LogP) is 4.59. The van der Waals surface area contributed by atoms with E-state index in [1.807, 2.05) is 43.5 Å². The van der Waals surface area contributed by atoms with Crippen LogP contribution < -0.4 is 10.2 Å². The second-order valence-electron chi connectivity index (χ2n) is 6.87. The van der Waals surface area contributed by atoms with Crippen molar-refractivity contribution in [1.29, 1.82) is 0 Å². The first kappa shape index (κ1) is 19.4. The Hall–Kier alpha value is -2.93. The summed E-state index contributed by atoms with van der Waals surface area (Å²) >= 11 is 1.42. The van der Waals surface area contributed by atoms with E-state index in [1.54, 1.807) is 11.0 Å². The summed E-state index contributed by atoms with van der Waals surface area (Å²) in [6.45, 7) is 2.71. The zero-order chi connectivity index (χ0) is 20.4. The largest absolute Gasteiger partial charge is 0.333 e. The molecule has 1 aliphatic rings. The Kier molecular flexibility index (Phi) is 5.49. The SMILES string of the molecule is CSc1nc(-c2ccc(F)cc2C)c2c(n1)N(CCc1ccccc1)C(=O)NC2. The number of carbonyl (C=O) groups is 1. The molecule has 0 fully saturated rings. The Morgan fingerprint density at radius 3 is 2.69 bits per heavy atom. The Bertz CT molecular complexity index is 1060. The van der Waals surface area contributed by atoms with Crippen molar-refractivity contribution in [1.82, 2.24) is 15.3 Å². The second kappa shape index (κ2) is 8.21. The molecule has 0 spiro atoms. The number of nitrogens with one attached hydrogen (secondary N) is 1. The van der Waals surface area contributed by atoms with E-state index in [4.69, 9.17) is 4.98 Å². The summed E-state index contributed by atoms with van der Waals surface area (Å²) in [6.07, 6.45) is 2.62. The minimum absolute atomic E-state index is 0.166. The number of fused-ring (bicyclic) bond motifs is 1. The molecule has 3 aromatic rings. The summed E-state index contributed by atoms with van der Waals surface area (Å²) in [6, 6.07) is 14.5. The third-order valence-electron chi connectivity index (χ3n) is 4.98. The van der Waals surface area contributed by atoms with Gasteiger partial charge in [0.05, 0.1) is 12.2 Å². The van der Waals surface area contributed by atoms with Gasteiger partial charge in [-0.25, -0.2) is 19.2 Å². The number of benzene rings is 2. The van der Waals surface area contributed by atoms with Gasteiger partial charge in [-0.15, -0.1) is 0 Å². The number of carbonyl (C=O) groups excluding carboxylic acids is 1. The zero-order valence-electron chi connectivity index (χ0n) is 16.3. The fraction of sp³-hybridized carbons (Fsp3) is 0.227. The molecule has 0 saturated heterocycles. The zero-order valence-corrected chi connectivity index (χ0v) is 17.1. The van der Waals surface area contributed by atoms with E-state index in [9.17, 15) is 9.18 Å². The van der Waals surface area contributed by atoms with Crippen molar-refractivity contribution in [2.24, 2.45) is 0 Å². The number of aryl methyl sites for hydroxylation is 1. The van der Waals surface area contributed by atoms with E-state index in [-0.39, 0.29) is 11.8 Å². The van der Waals surface area contributed by atoms with E-state index in [1.165, 1.54) is 23.9 Å². The monoisotopic (exact) mass is 408 g/mol. The van der Waals surface area contributed by atoms with Gasteiger partial charge in [-0.1, -0.05) is 42.1 Å². The maximum absolute atomic E-state index is 13.6. The van der Waals surface area contributed by atoms with Crippen LogP contribution in [0.4, 0.5) is 15.0 Å². The van der Waals surface area contributed by atoms with Crippen LogP contribution in [0.25, 0.3) is 11.3 Å². The molecule has 2 amide bonds. The predicted molar refractivity (Wildman–Crippen MR) is 114 cm³/mol. The standard InChI is InChI=1S/C22H21FN4OS/c1-14-12-16(23)8-9-17(14)19-18-13-24-22(28)27(20(18)26-21(25-19)29-2)11-10-15-6-4-3-5-7-15/h3-9,12H,10-11,13H2,1-2H3,(H,24,28). The van der Waals surface area contributed by atoms with Gasteiger partial charge >= 0.3 is 6.03 Å². The first-order valence-electron chi connectivity index (χ1n) is 9.37. The number of halogens is 1. The highest BCUT2D eigenvalue weighted by atomic mass is 32.2. The van der Waals surface area contributed by atoms with Gasteiger partial charge in [-0.05, 0) is 48.9 Å². The van der Waals surface area contributed by atoms with E-state index in [0.29, 0.717) is 24.1 Å². The van der Waals surface area contributed by atoms with Crippen LogP contribution in [0.15, 0.2) is 53.7 Å². The number of hydrogen-bond acceptors (Lipinski definition) is 4. The van der Waals surface area contributed by atoms with Gasteiger partial charge in [0.25, 0.3) is 0 Å². The molecular weight excluding hydrogens is 387 g/mol. The van der Waals surface area contributed by atoms with Gasteiger partial charge in [0, 0.05) is 17.7 Å². The average Bonchev–Trinajstić information content (AvgIpc) is 2.73. The fourth-order valence-electron chi connectivity index (χ4n) is 3.49. The molecule has 1 aliphatic heterocycles. The minimum Gasteiger partial charge on any atom is -0.333 e. The van der Waals surface area contributed by atoms with E-state index < -0.39 is 0 Å². The van der Waals surface area contributed by atoms with Crippen molar-refractivity contribution in [3.05, 3.63) is 71.0 Å². The number of aromatic nitrogens is 2. The van der Waals surface area contributed by atoms with Crippen LogP contribution in [0.1, 0.15) is 16.7 Å². The third-order valence-corrected chi connectivity index (χ3v) is 5.52. The molecule has 5 nitrogen and oxygen atoms in total. The lowest BCUT2D eigenvalue weighted by molar-refractivity contribution is 0.244. The van der Waals surface area contributed by atoms with Crippen LogP contribution in [0.5, 0.6) is 0 Å². The van der Waals surface area contributed by atoms with Crippen molar-refractivity contribution in [2.75, 3.05) is 17.7 Å². The summed E-state index contributed by atoms with van der Waals surface area (Å²) in [7, 11) is 0. The minimum atomic E-state index is -0.281. The van der Waals surface area contributed by atoms with Gasteiger partial charge in [0.15, 0.2) is 5.16 Å². The van der Waals surface area contributed by atoms with Crippen LogP contribution >= 0.6 is 11.8 Å². The molecule has 2 heterocycles. The molecule has 4 rings (SSSR count). The smallest absolute Gasteiger partial charge is 0.323 e. The molecule has 148 valence electrons. The van der Waals surface area contributed by atoms with Crippen LogP contribution in [-0.2, 0) is 13.0 Å². The molecule has 1 N–H and O–H groups in total. The van der Waals surface area contributed by atoms with E-state index in [0.717, 1.165) is 34.4 Å². The molecule has 0 bridgehead atoms. The number of amides is 2. The maximum Gasteiger partial charge on any atom is 0.323 e. The Morgan fingerprint density at radius 2 is 1.97 bits per heavy atom. The molecule has 0 atom stereocenters. The van der Waals surface area contributed by atoms with Crippen LogP contribution in [0, 0.1) is 12.7 Å². The molecule has 29 heavy (non-hydrogen) atoms. The van der Waals surface area contributed by atoms with Gasteiger partial charge in [-0.3, -0.25) is 4.90 Å². The number of thioether (sulfide) groups is 1. The Balaban J connectivity index is 1.77. The topological polar surface area (TPSA) is 58.1 Å². The normalized spacial score (nSPS) is 13.2. The summed E-state index contributed by atoms with van der Waals surface area (Å²) in [4.78, 5) is 23.7. The molecular formula is C22H21FN4OS. The second-order valence-corrected chi connectivity index (χ2v) is 7.64. The Morgan fingerprint density at radius 1 is 1.17 bits per heavy atom. The summed E-state index contributed by atoms with van der Waals surface area (Å²) in [5.41, 5.74) is 4.39. The molecule has 0 radical (unpaired) electrons. The van der Waals surface area contributed by atoms with Crippen molar-refractivity contribution in [3.63, 3.8) is 0 Å². The first-order chi connectivity index (χ1) is 14.1. The average molecular weight is 409 g/mol. The lowest BCUT2D eigenvalue weighted by atomic mass is 10.00. The molecule has 0 saturated carbocycles. The lowest BCUT2D eigenvalue weighted by Crippen LogP contribution is -2.46. The molecule has 2 aromatic carbocycles. The van der Waals surface area contributed by atoms with E-state index in [2.05, 4.69) is 10.3 Å². The molecule has 7 heteroatoms. The number of nitrogens with zero attached hydrogens (tertiary/aromatic N) is 3. The van der Waals surface area contributed by atoms with Crippen molar-refractivity contribution in [3.8, 4) is 11.3 Å². The number of urea groups is 1. The van der Waals surface area contributed by atoms with Gasteiger partial charge in [-0.2, -0.15) is 0 Å². The Labute approximate surface area is 173 Å². The van der Waals surface area contributed by atoms with Crippen LogP contribution in [-0.4, -0.2) is 28.8 Å². The van der Waals surface area contributed by atoms with Crippen molar-refractivity contribution >= 4 is 23.6 Å². The quantitative estimate of drug-likeness (QED) is 0.496. The van der Waals surface area contributed by atoms with Crippen LogP contribution in [0.2, 0.25) is 0 Å². The maximum atomic E-state index is 13.6. The number of rotatable bonds is 5. The summed E-state index contributed by atoms with van der Waals surface area (Å²) < 4.78 is 13.6. The highest BCUT2D eigenvalue weighted by Gasteiger charge is 2.29. The van der Waals surface area contributed by atoms with Crippen molar-refractivity contribution < 1.29 is 9.18 Å². The molecule has 1 aromatic heterocycles. The lowest BCUT2D eigenvalue weighted by Gasteiger charge is -2.30. The van der Waals surface area contributed by atoms with E-state index >= 15 is 0 Å². The van der Waals surface area contributed by atoms with Gasteiger partial charge in [0.2, 0.25) is 0 Å². The van der Waals surface area contributed by atoms with Crippen molar-refractivity contribution in [2.45, 2.75) is 25.0 Å². The number of anilines is 1. The van der Waals surface area contributed by atoms with Gasteiger partial charge < -0.3 is 5.32 Å². The first-order valence-corrected chi connectivity index (χ1v) is 10.6. The summed E-state index contributed by atoms with van der Waals surface area (Å²) in [5.74, 6) is 0.347. The highest BCUT2D eigenvalue weighted by molar-refractivity contribution is 7.98. The highest BCUT2D eigenvalue weighted by Crippen LogP contribution is 2.34. The number of hydrogen-bond donors (Lipinski definition) is 1. The fourth-order valence-corrected chi connectivity index (χ4v) is 3.85. The van der Waals surface area contributed by atoms with Gasteiger partial charge in [0.1, 0.15) is 11.6 Å². The molecule has 0 unspecified atom stereocenters. The third kappa shape index (κ3) is 3.96.